The van der Waals surface area contributed by atoms with Crippen LogP contribution in [0.25, 0.3) is 17.0 Å². The number of fused-ring (bicyclic) bond motifs is 2. The van der Waals surface area contributed by atoms with Crippen molar-refractivity contribution in [2.45, 2.75) is 25.7 Å². The topological polar surface area (TPSA) is 98.3 Å². The average Bonchev–Trinajstić information content (AvgIpc) is 3.03. The quantitative estimate of drug-likeness (QED) is 0.676. The van der Waals surface area contributed by atoms with Gasteiger partial charge >= 0.3 is 0 Å². The van der Waals surface area contributed by atoms with E-state index in [9.17, 15) is 0 Å². The highest BCUT2D eigenvalue weighted by Gasteiger charge is 2.19. The van der Waals surface area contributed by atoms with E-state index >= 15 is 0 Å². The van der Waals surface area contributed by atoms with Gasteiger partial charge in [0.2, 0.25) is 5.95 Å². The van der Waals surface area contributed by atoms with Crippen LogP contribution < -0.4 is 5.73 Å². The Balaban J connectivity index is 1.99. The Hall–Kier alpha value is -2.44. The number of H-pyrrole nitrogens is 1. The highest BCUT2D eigenvalue weighted by atomic mass is 15.2. The van der Waals surface area contributed by atoms with Gasteiger partial charge in [0.05, 0.1) is 12.0 Å². The molecule has 4 rings (SSSR count). The summed E-state index contributed by atoms with van der Waals surface area (Å²) in [5.41, 5.74) is 9.52. The number of nitrogens with zero attached hydrogens (tertiary/aromatic N) is 5. The third-order valence-corrected chi connectivity index (χ3v) is 3.54. The molecular weight excluding hydrogens is 242 g/mol. The molecule has 0 unspecified atom stereocenters. The Labute approximate surface area is 108 Å². The average molecular weight is 255 g/mol. The maximum absolute atomic E-state index is 5.76. The fourth-order valence-electron chi connectivity index (χ4n) is 2.66. The molecule has 3 aromatic rings. The molecule has 3 heterocycles. The second kappa shape index (κ2) is 3.78. The first-order valence-electron chi connectivity index (χ1n) is 6.35. The molecule has 0 saturated heterocycles. The van der Waals surface area contributed by atoms with Crippen LogP contribution in [0.5, 0.6) is 0 Å². The van der Waals surface area contributed by atoms with Gasteiger partial charge in [0.1, 0.15) is 11.8 Å². The van der Waals surface area contributed by atoms with Crippen molar-refractivity contribution in [3.8, 4) is 5.82 Å². The molecule has 0 bridgehead atoms. The minimum atomic E-state index is 0.229. The summed E-state index contributed by atoms with van der Waals surface area (Å²) in [5.74, 6) is 0.962. The molecule has 3 aromatic heterocycles. The van der Waals surface area contributed by atoms with Gasteiger partial charge in [0.25, 0.3) is 0 Å². The lowest BCUT2D eigenvalue weighted by Gasteiger charge is -2.13. The lowest BCUT2D eigenvalue weighted by molar-refractivity contribution is 0.654. The Bertz CT molecular complexity index is 755. The Kier molecular flexibility index (Phi) is 2.08. The normalized spacial score (nSPS) is 14.7. The number of aromatic amines is 1. The molecule has 1 aliphatic rings. The third kappa shape index (κ3) is 1.51. The smallest absolute Gasteiger partial charge is 0.224 e. The Morgan fingerprint density at radius 1 is 1.16 bits per heavy atom. The molecule has 0 fully saturated rings. The summed E-state index contributed by atoms with van der Waals surface area (Å²) in [6.45, 7) is 0. The fraction of sp³-hybridized carbons (Fsp3) is 0.333. The van der Waals surface area contributed by atoms with Crippen molar-refractivity contribution in [2.75, 3.05) is 5.73 Å². The summed E-state index contributed by atoms with van der Waals surface area (Å²) in [4.78, 5) is 20.1. The minimum absolute atomic E-state index is 0.229. The number of hydrogen-bond acceptors (Lipinski definition) is 5. The predicted molar refractivity (Wildman–Crippen MR) is 69.9 cm³/mol. The van der Waals surface area contributed by atoms with Gasteiger partial charge in [-0.2, -0.15) is 9.97 Å². The minimum Gasteiger partial charge on any atom is -0.368 e. The number of aryl methyl sites for hydroxylation is 1. The van der Waals surface area contributed by atoms with Gasteiger partial charge in [-0.05, 0) is 25.7 Å². The summed E-state index contributed by atoms with van der Waals surface area (Å²) >= 11 is 0. The second-order valence-electron chi connectivity index (χ2n) is 4.72. The molecule has 0 radical (unpaired) electrons. The van der Waals surface area contributed by atoms with Crippen LogP contribution in [0.2, 0.25) is 0 Å². The van der Waals surface area contributed by atoms with Crippen molar-refractivity contribution in [1.82, 2.24) is 29.5 Å². The van der Waals surface area contributed by atoms with E-state index in [1.807, 2.05) is 10.9 Å². The van der Waals surface area contributed by atoms with Gasteiger partial charge in [-0.25, -0.2) is 9.97 Å². The first-order valence-corrected chi connectivity index (χ1v) is 6.35. The van der Waals surface area contributed by atoms with Gasteiger partial charge in [0.15, 0.2) is 11.5 Å². The van der Waals surface area contributed by atoms with E-state index < -0.39 is 0 Å². The number of nitrogen functional groups attached to an aromatic ring is 1. The van der Waals surface area contributed by atoms with Gasteiger partial charge in [0, 0.05) is 5.69 Å². The lowest BCUT2D eigenvalue weighted by Crippen LogP contribution is -2.10. The molecule has 7 nitrogen and oxygen atoms in total. The Morgan fingerprint density at radius 3 is 3.00 bits per heavy atom. The zero-order valence-electron chi connectivity index (χ0n) is 10.3. The monoisotopic (exact) mass is 255 g/mol. The summed E-state index contributed by atoms with van der Waals surface area (Å²) < 4.78 is 2.01. The molecule has 96 valence electrons. The first-order chi connectivity index (χ1) is 9.33. The highest BCUT2D eigenvalue weighted by molar-refractivity contribution is 5.79. The summed E-state index contributed by atoms with van der Waals surface area (Å²) in [6, 6.07) is 0. The number of nitrogens with two attached hydrogens (primary N) is 1. The summed E-state index contributed by atoms with van der Waals surface area (Å²) in [6.07, 6.45) is 7.87. The SMILES string of the molecule is Nc1nc(-n2cnc3c2CCCC3)c2[nH]cnc2n1. The van der Waals surface area contributed by atoms with Crippen LogP contribution in [-0.2, 0) is 12.8 Å². The van der Waals surface area contributed by atoms with Crippen molar-refractivity contribution < 1.29 is 0 Å². The number of aromatic nitrogens is 6. The van der Waals surface area contributed by atoms with E-state index in [4.69, 9.17) is 5.73 Å². The van der Waals surface area contributed by atoms with Crippen LogP contribution >= 0.6 is 0 Å². The van der Waals surface area contributed by atoms with E-state index in [0.29, 0.717) is 5.65 Å². The van der Waals surface area contributed by atoms with Crippen LogP contribution in [0.15, 0.2) is 12.7 Å². The van der Waals surface area contributed by atoms with E-state index in [1.165, 1.54) is 18.5 Å². The third-order valence-electron chi connectivity index (χ3n) is 3.54. The van der Waals surface area contributed by atoms with E-state index in [0.717, 1.165) is 29.9 Å². The molecule has 0 amide bonds. The van der Waals surface area contributed by atoms with Crippen molar-refractivity contribution in [3.63, 3.8) is 0 Å². The molecule has 0 spiro atoms. The molecule has 19 heavy (non-hydrogen) atoms. The number of imidazole rings is 2. The zero-order chi connectivity index (χ0) is 12.8. The predicted octanol–water partition coefficient (Wildman–Crippen LogP) is 1.000. The van der Waals surface area contributed by atoms with Crippen LogP contribution in [0.3, 0.4) is 0 Å². The number of hydrogen-bond donors (Lipinski definition) is 2. The molecule has 7 heteroatoms. The number of anilines is 1. The summed E-state index contributed by atoms with van der Waals surface area (Å²) in [7, 11) is 0. The lowest BCUT2D eigenvalue weighted by atomic mass is 10.0. The van der Waals surface area contributed by atoms with Crippen molar-refractivity contribution >= 4 is 17.1 Å². The van der Waals surface area contributed by atoms with Crippen LogP contribution in [-0.4, -0.2) is 29.5 Å². The maximum Gasteiger partial charge on any atom is 0.224 e. The largest absolute Gasteiger partial charge is 0.368 e. The molecule has 0 aromatic carbocycles. The molecule has 0 aliphatic heterocycles. The molecule has 3 N–H and O–H groups in total. The zero-order valence-corrected chi connectivity index (χ0v) is 10.3. The van der Waals surface area contributed by atoms with Crippen molar-refractivity contribution in [1.29, 1.82) is 0 Å². The van der Waals surface area contributed by atoms with Crippen molar-refractivity contribution in [2.24, 2.45) is 0 Å². The number of rotatable bonds is 1. The maximum atomic E-state index is 5.76. The van der Waals surface area contributed by atoms with Crippen LogP contribution in [0, 0.1) is 0 Å². The summed E-state index contributed by atoms with van der Waals surface area (Å²) in [5, 5.41) is 0. The van der Waals surface area contributed by atoms with Gasteiger partial charge in [-0.3, -0.25) is 4.57 Å². The Morgan fingerprint density at radius 2 is 2.05 bits per heavy atom. The first kappa shape index (κ1) is 10.5. The molecular formula is C12H13N7. The van der Waals surface area contributed by atoms with E-state index in [-0.39, 0.29) is 5.95 Å². The van der Waals surface area contributed by atoms with Crippen LogP contribution in [0.1, 0.15) is 24.2 Å². The van der Waals surface area contributed by atoms with Crippen molar-refractivity contribution in [3.05, 3.63) is 24.0 Å². The van der Waals surface area contributed by atoms with E-state index in [1.54, 1.807) is 6.33 Å². The van der Waals surface area contributed by atoms with Gasteiger partial charge in [-0.1, -0.05) is 0 Å². The number of nitrogens with one attached hydrogen (secondary N) is 1. The molecule has 1 aliphatic carbocycles. The van der Waals surface area contributed by atoms with Crippen LogP contribution in [0.4, 0.5) is 5.95 Å². The van der Waals surface area contributed by atoms with Gasteiger partial charge in [-0.15, -0.1) is 0 Å². The molecule has 0 atom stereocenters. The van der Waals surface area contributed by atoms with Gasteiger partial charge < -0.3 is 10.7 Å². The second-order valence-corrected chi connectivity index (χ2v) is 4.72. The highest BCUT2D eigenvalue weighted by Crippen LogP contribution is 2.25. The fourth-order valence-corrected chi connectivity index (χ4v) is 2.66. The molecule has 0 saturated carbocycles. The standard InChI is InChI=1S/C12H13N7/c13-12-17-10-9(14-5-15-10)11(18-12)19-6-16-7-3-1-2-4-8(7)19/h5-6H,1-4H2,(H3,13,14,15,17,18). The van der Waals surface area contributed by atoms with E-state index in [2.05, 4.69) is 24.9 Å².